The Morgan fingerprint density at radius 1 is 1.03 bits per heavy atom. The smallest absolute Gasteiger partial charge is 0.404 e. The van der Waals surface area contributed by atoms with Crippen LogP contribution in [-0.4, -0.2) is 36.6 Å². The predicted octanol–water partition coefficient (Wildman–Crippen LogP) is 5.65. The fourth-order valence-electron chi connectivity index (χ4n) is 7.00. The lowest BCUT2D eigenvalue weighted by atomic mass is 9.45. The van der Waals surface area contributed by atoms with Gasteiger partial charge in [-0.25, -0.2) is 0 Å². The molecule has 39 heavy (non-hydrogen) atoms. The van der Waals surface area contributed by atoms with Crippen molar-refractivity contribution in [3.63, 3.8) is 0 Å². The number of rotatable bonds is 9. The van der Waals surface area contributed by atoms with Crippen LogP contribution in [0.4, 0.5) is 0 Å². The van der Waals surface area contributed by atoms with Crippen LogP contribution in [0.1, 0.15) is 87.8 Å². The van der Waals surface area contributed by atoms with Crippen molar-refractivity contribution in [2.75, 3.05) is 0 Å². The number of aryl methyl sites for hydroxylation is 1. The number of carbonyl (C=O) groups is 2. The average molecular weight is 531 g/mol. The van der Waals surface area contributed by atoms with Crippen LogP contribution >= 0.6 is 0 Å². The van der Waals surface area contributed by atoms with Gasteiger partial charge in [-0.15, -0.1) is 0 Å². The van der Waals surface area contributed by atoms with E-state index in [9.17, 15) is 9.59 Å². The first-order chi connectivity index (χ1) is 18.5. The second kappa shape index (κ2) is 10.7. The molecule has 4 aliphatic rings. The molecule has 2 aromatic rings. The van der Waals surface area contributed by atoms with E-state index in [-0.39, 0.29) is 41.3 Å². The molecule has 1 heterocycles. The zero-order valence-electron chi connectivity index (χ0n) is 24.2. The van der Waals surface area contributed by atoms with Crippen molar-refractivity contribution in [3.8, 4) is 0 Å². The molecule has 2 aromatic carbocycles. The fourth-order valence-corrected chi connectivity index (χ4v) is 7.00. The fraction of sp³-hybridized carbons (Fsp3) is 0.562. The summed E-state index contributed by atoms with van der Waals surface area (Å²) in [6.07, 6.45) is 3.13. The Kier molecular flexibility index (Phi) is 7.69. The minimum Gasteiger partial charge on any atom is -0.404 e. The number of carbonyl (C=O) groups excluding carboxylic acids is 2. The maximum Gasteiger partial charge on any atom is 0.481 e. The van der Waals surface area contributed by atoms with E-state index in [0.717, 1.165) is 24.0 Å². The number of hydrogen-bond donors (Lipinski definition) is 2. The normalized spacial score (nSPS) is 28.3. The van der Waals surface area contributed by atoms with Crippen LogP contribution < -0.4 is 10.6 Å². The lowest BCUT2D eigenvalue weighted by molar-refractivity contribution is -0.185. The first-order valence-electron chi connectivity index (χ1n) is 14.5. The van der Waals surface area contributed by atoms with Crippen molar-refractivity contribution >= 4 is 18.9 Å². The lowest BCUT2D eigenvalue weighted by Gasteiger charge is -2.63. The highest BCUT2D eigenvalue weighted by Crippen LogP contribution is 2.64. The molecule has 0 aromatic heterocycles. The van der Waals surface area contributed by atoms with Gasteiger partial charge in [-0.05, 0) is 74.0 Å². The maximum absolute atomic E-state index is 13.6. The molecule has 1 saturated heterocycles. The number of benzene rings is 2. The molecule has 6 atom stereocenters. The van der Waals surface area contributed by atoms with Crippen molar-refractivity contribution in [2.45, 2.75) is 90.9 Å². The summed E-state index contributed by atoms with van der Waals surface area (Å²) in [5.74, 6) is 0.913. The number of nitrogens with one attached hydrogen (secondary N) is 2. The van der Waals surface area contributed by atoms with Crippen molar-refractivity contribution in [2.24, 2.45) is 23.2 Å². The van der Waals surface area contributed by atoms with Gasteiger partial charge in [0, 0.05) is 5.56 Å². The van der Waals surface area contributed by atoms with Crippen LogP contribution in [0.3, 0.4) is 0 Å². The third-order valence-electron chi connectivity index (χ3n) is 9.44. The van der Waals surface area contributed by atoms with Gasteiger partial charge in [0.25, 0.3) is 5.91 Å². The molecule has 3 aliphatic carbocycles. The standard InChI is InChI=1S/C32H43BN2O4/c1-20(2)16-27(33-38-29-25-17-24(31(25,4)5)19-32(29,6)39-33)35-28(36)18-26(22-14-12-21(3)13-15-22)34-30(37)23-10-8-7-9-11-23/h7-15,20,24-27,29H,16-19H2,1-6H3,(H,34,37)(H,35,36)/t24?,25?,26?,27-,29-,32-/m0/s1. The predicted molar refractivity (Wildman–Crippen MR) is 154 cm³/mol. The Balaban J connectivity index is 1.30. The van der Waals surface area contributed by atoms with Gasteiger partial charge in [-0.2, -0.15) is 0 Å². The molecule has 0 spiro atoms. The minimum absolute atomic E-state index is 0.0551. The lowest BCUT2D eigenvalue weighted by Crippen LogP contribution is -2.63. The molecular weight excluding hydrogens is 487 g/mol. The minimum atomic E-state index is -0.474. The van der Waals surface area contributed by atoms with Gasteiger partial charge in [-0.1, -0.05) is 75.7 Å². The molecule has 3 saturated carbocycles. The second-order valence-electron chi connectivity index (χ2n) is 13.2. The molecule has 6 rings (SSSR count). The first kappa shape index (κ1) is 27.9. The van der Waals surface area contributed by atoms with Crippen molar-refractivity contribution < 1.29 is 18.9 Å². The Morgan fingerprint density at radius 2 is 1.72 bits per heavy atom. The maximum atomic E-state index is 13.6. The highest BCUT2D eigenvalue weighted by molar-refractivity contribution is 6.47. The summed E-state index contributed by atoms with van der Waals surface area (Å²) in [6.45, 7) is 13.2. The van der Waals surface area contributed by atoms with E-state index in [1.165, 1.54) is 6.42 Å². The molecular formula is C32H43BN2O4. The van der Waals surface area contributed by atoms with Crippen LogP contribution in [0.25, 0.3) is 0 Å². The Morgan fingerprint density at radius 3 is 2.36 bits per heavy atom. The van der Waals surface area contributed by atoms with Gasteiger partial charge in [0.1, 0.15) is 0 Å². The van der Waals surface area contributed by atoms with Crippen molar-refractivity contribution in [3.05, 3.63) is 71.3 Å². The van der Waals surface area contributed by atoms with E-state index in [1.807, 2.05) is 49.4 Å². The topological polar surface area (TPSA) is 76.7 Å². The van der Waals surface area contributed by atoms with Crippen LogP contribution in [0, 0.1) is 30.1 Å². The molecule has 208 valence electrons. The summed E-state index contributed by atoms with van der Waals surface area (Å²) in [5.41, 5.74) is 2.56. The van der Waals surface area contributed by atoms with Gasteiger partial charge in [0.05, 0.1) is 30.1 Å². The van der Waals surface area contributed by atoms with E-state index >= 15 is 0 Å². The Hall–Kier alpha value is -2.64. The quantitative estimate of drug-likeness (QED) is 0.411. The average Bonchev–Trinajstić information content (AvgIpc) is 3.26. The summed E-state index contributed by atoms with van der Waals surface area (Å²) in [5, 5.41) is 6.34. The number of amides is 2. The van der Waals surface area contributed by atoms with E-state index in [4.69, 9.17) is 9.31 Å². The van der Waals surface area contributed by atoms with E-state index in [2.05, 4.69) is 45.3 Å². The molecule has 6 nitrogen and oxygen atoms in total. The summed E-state index contributed by atoms with van der Waals surface area (Å²) in [6, 6.07) is 16.6. The summed E-state index contributed by atoms with van der Waals surface area (Å²) in [4.78, 5) is 26.6. The Labute approximate surface area is 233 Å². The second-order valence-corrected chi connectivity index (χ2v) is 13.2. The van der Waals surface area contributed by atoms with Crippen LogP contribution in [0.5, 0.6) is 0 Å². The third-order valence-corrected chi connectivity index (χ3v) is 9.44. The van der Waals surface area contributed by atoms with Crippen LogP contribution in [0.2, 0.25) is 0 Å². The summed E-state index contributed by atoms with van der Waals surface area (Å²) < 4.78 is 13.3. The molecule has 4 fully saturated rings. The van der Waals surface area contributed by atoms with Gasteiger partial charge in [0.2, 0.25) is 5.91 Å². The van der Waals surface area contributed by atoms with Gasteiger partial charge < -0.3 is 19.9 Å². The number of hydrogen-bond acceptors (Lipinski definition) is 4. The highest BCUT2D eigenvalue weighted by Gasteiger charge is 2.67. The molecule has 0 radical (unpaired) electrons. The van der Waals surface area contributed by atoms with Crippen molar-refractivity contribution in [1.29, 1.82) is 0 Å². The van der Waals surface area contributed by atoms with Crippen molar-refractivity contribution in [1.82, 2.24) is 10.6 Å². The van der Waals surface area contributed by atoms with Gasteiger partial charge in [0.15, 0.2) is 0 Å². The zero-order chi connectivity index (χ0) is 27.9. The SMILES string of the molecule is Cc1ccc(C(CC(=O)N[C@@H](CC(C)C)B2O[C@H]3C4CC(C[C@]3(C)O2)C4(C)C)NC(=O)c2ccccc2)cc1. The Bertz CT molecular complexity index is 1180. The summed E-state index contributed by atoms with van der Waals surface area (Å²) in [7, 11) is -0.474. The van der Waals surface area contributed by atoms with Crippen LogP contribution in [-0.2, 0) is 14.1 Å². The summed E-state index contributed by atoms with van der Waals surface area (Å²) >= 11 is 0. The molecule has 2 amide bonds. The third kappa shape index (κ3) is 5.66. The monoisotopic (exact) mass is 530 g/mol. The first-order valence-corrected chi connectivity index (χ1v) is 14.5. The highest BCUT2D eigenvalue weighted by atomic mass is 16.7. The van der Waals surface area contributed by atoms with Gasteiger partial charge >= 0.3 is 7.12 Å². The van der Waals surface area contributed by atoms with Gasteiger partial charge in [-0.3, -0.25) is 9.59 Å². The molecule has 3 unspecified atom stereocenters. The molecule has 7 heteroatoms. The molecule has 1 aliphatic heterocycles. The van der Waals surface area contributed by atoms with Crippen LogP contribution in [0.15, 0.2) is 54.6 Å². The zero-order valence-corrected chi connectivity index (χ0v) is 24.2. The van der Waals surface area contributed by atoms with E-state index in [1.54, 1.807) is 12.1 Å². The largest absolute Gasteiger partial charge is 0.481 e. The molecule has 2 bridgehead atoms. The van der Waals surface area contributed by atoms with E-state index in [0.29, 0.717) is 23.3 Å². The molecule has 2 N–H and O–H groups in total. The van der Waals surface area contributed by atoms with E-state index < -0.39 is 13.2 Å².